The second-order valence-corrected chi connectivity index (χ2v) is 8.43. The summed E-state index contributed by atoms with van der Waals surface area (Å²) in [5.41, 5.74) is 3.29. The fraction of sp³-hybridized carbons (Fsp3) is 0.391. The summed E-state index contributed by atoms with van der Waals surface area (Å²) in [5, 5.41) is 5.92. The van der Waals surface area contributed by atoms with Crippen molar-refractivity contribution in [3.8, 4) is 5.75 Å². The molecule has 8 heteroatoms. The van der Waals surface area contributed by atoms with Gasteiger partial charge >= 0.3 is 0 Å². The number of rotatable bonds is 6. The van der Waals surface area contributed by atoms with E-state index < -0.39 is 5.82 Å². The Morgan fingerprint density at radius 2 is 2.00 bits per heavy atom. The topological polar surface area (TPSA) is 70.7 Å². The lowest BCUT2D eigenvalue weighted by Crippen LogP contribution is -2.45. The van der Waals surface area contributed by atoms with Crippen LogP contribution >= 0.6 is 11.6 Å². The molecule has 0 unspecified atom stereocenters. The number of likely N-dealkylation sites (tertiary alicyclic amines) is 1. The van der Waals surface area contributed by atoms with Gasteiger partial charge in [0, 0.05) is 43.9 Å². The number of carbonyl (C=O) groups is 2. The van der Waals surface area contributed by atoms with Crippen molar-refractivity contribution < 1.29 is 18.7 Å². The van der Waals surface area contributed by atoms with E-state index in [1.807, 2.05) is 0 Å². The van der Waals surface area contributed by atoms with Gasteiger partial charge in [-0.3, -0.25) is 14.5 Å². The smallest absolute Gasteiger partial charge is 0.258 e. The van der Waals surface area contributed by atoms with Gasteiger partial charge in [0.1, 0.15) is 11.6 Å². The number of aryl methyl sites for hydroxylation is 1. The van der Waals surface area contributed by atoms with E-state index in [1.165, 1.54) is 29.3 Å². The van der Waals surface area contributed by atoms with E-state index in [0.717, 1.165) is 44.6 Å². The number of halogens is 2. The van der Waals surface area contributed by atoms with Crippen LogP contribution < -0.4 is 15.4 Å². The summed E-state index contributed by atoms with van der Waals surface area (Å²) in [6.07, 6.45) is 3.06. The molecule has 2 N–H and O–H groups in total. The molecule has 0 saturated carbocycles. The molecule has 2 aromatic carbocycles. The molecule has 2 aliphatic rings. The Morgan fingerprint density at radius 1 is 1.19 bits per heavy atom. The number of amides is 2. The van der Waals surface area contributed by atoms with Gasteiger partial charge in [-0.15, -0.1) is 0 Å². The molecule has 0 spiro atoms. The molecule has 6 nitrogen and oxygen atoms in total. The summed E-state index contributed by atoms with van der Waals surface area (Å²) in [4.78, 5) is 26.2. The van der Waals surface area contributed by atoms with Gasteiger partial charge in [0.2, 0.25) is 5.91 Å². The molecule has 2 aromatic rings. The summed E-state index contributed by atoms with van der Waals surface area (Å²) in [5.74, 6) is -0.292. The van der Waals surface area contributed by atoms with Crippen molar-refractivity contribution in [1.82, 2.24) is 10.2 Å². The van der Waals surface area contributed by atoms with Crippen LogP contribution in [0.1, 0.15) is 30.4 Å². The van der Waals surface area contributed by atoms with Crippen LogP contribution in [0.5, 0.6) is 5.75 Å². The Balaban J connectivity index is 1.21. The molecule has 164 valence electrons. The third kappa shape index (κ3) is 5.74. The zero-order valence-corrected chi connectivity index (χ0v) is 17.9. The number of benzene rings is 2. The van der Waals surface area contributed by atoms with Crippen LogP contribution in [0.4, 0.5) is 10.1 Å². The number of nitrogens with one attached hydrogen (secondary N) is 2. The van der Waals surface area contributed by atoms with Crippen LogP contribution in [-0.2, 0) is 22.6 Å². The van der Waals surface area contributed by atoms with Crippen LogP contribution in [0.2, 0.25) is 5.02 Å². The zero-order chi connectivity index (χ0) is 21.8. The highest BCUT2D eigenvalue weighted by molar-refractivity contribution is 6.30. The maximum absolute atomic E-state index is 13.2. The average Bonchev–Trinajstić information content (AvgIpc) is 2.76. The summed E-state index contributed by atoms with van der Waals surface area (Å²) >= 11 is 5.72. The number of hydrogen-bond acceptors (Lipinski definition) is 4. The first kappa shape index (κ1) is 21.6. The first-order valence-electron chi connectivity index (χ1n) is 10.5. The number of nitrogens with zero attached hydrogens (tertiary/aromatic N) is 1. The van der Waals surface area contributed by atoms with Gasteiger partial charge < -0.3 is 15.4 Å². The number of hydrogen-bond donors (Lipinski definition) is 2. The van der Waals surface area contributed by atoms with E-state index in [2.05, 4.69) is 33.7 Å². The quantitative estimate of drug-likeness (QED) is 0.713. The largest absolute Gasteiger partial charge is 0.484 e. The van der Waals surface area contributed by atoms with Gasteiger partial charge in [0.15, 0.2) is 6.61 Å². The summed E-state index contributed by atoms with van der Waals surface area (Å²) in [6, 6.07) is 10.4. The second-order valence-electron chi connectivity index (χ2n) is 8.02. The van der Waals surface area contributed by atoms with E-state index in [4.69, 9.17) is 16.3 Å². The molecule has 0 aromatic heterocycles. The molecule has 2 amide bonds. The van der Waals surface area contributed by atoms with Crippen molar-refractivity contribution in [3.63, 3.8) is 0 Å². The van der Waals surface area contributed by atoms with Gasteiger partial charge in [-0.2, -0.15) is 0 Å². The fourth-order valence-corrected chi connectivity index (χ4v) is 4.17. The molecule has 0 bridgehead atoms. The Labute approximate surface area is 185 Å². The van der Waals surface area contributed by atoms with Crippen molar-refractivity contribution in [2.45, 2.75) is 38.3 Å². The average molecular weight is 446 g/mol. The lowest BCUT2D eigenvalue weighted by Gasteiger charge is -2.32. The Bertz CT molecular complexity index is 977. The third-order valence-electron chi connectivity index (χ3n) is 5.69. The van der Waals surface area contributed by atoms with Gasteiger partial charge in [0.05, 0.1) is 5.02 Å². The van der Waals surface area contributed by atoms with Crippen LogP contribution in [0, 0.1) is 5.82 Å². The van der Waals surface area contributed by atoms with Crippen LogP contribution in [0.3, 0.4) is 0 Å². The molecule has 1 saturated heterocycles. The van der Waals surface area contributed by atoms with E-state index in [0.29, 0.717) is 12.2 Å². The van der Waals surface area contributed by atoms with Crippen molar-refractivity contribution in [1.29, 1.82) is 0 Å². The van der Waals surface area contributed by atoms with E-state index >= 15 is 0 Å². The van der Waals surface area contributed by atoms with Crippen molar-refractivity contribution in [2.24, 2.45) is 0 Å². The number of piperidine rings is 1. The van der Waals surface area contributed by atoms with Crippen LogP contribution in [-0.4, -0.2) is 42.5 Å². The Hall–Kier alpha value is -2.64. The number of carbonyl (C=O) groups excluding carboxylic acids is 2. The molecule has 31 heavy (non-hydrogen) atoms. The third-order valence-corrected chi connectivity index (χ3v) is 5.98. The minimum Gasteiger partial charge on any atom is -0.484 e. The lowest BCUT2D eigenvalue weighted by atomic mass is 9.99. The van der Waals surface area contributed by atoms with Gasteiger partial charge in [-0.05, 0) is 48.6 Å². The van der Waals surface area contributed by atoms with E-state index in [-0.39, 0.29) is 29.5 Å². The van der Waals surface area contributed by atoms with E-state index in [1.54, 1.807) is 0 Å². The van der Waals surface area contributed by atoms with Crippen LogP contribution in [0.15, 0.2) is 36.4 Å². The molecule has 0 atom stereocenters. The molecule has 4 rings (SSSR count). The second kappa shape index (κ2) is 9.66. The lowest BCUT2D eigenvalue weighted by molar-refractivity contribution is -0.124. The van der Waals surface area contributed by atoms with Crippen molar-refractivity contribution in [3.05, 3.63) is 58.4 Å². The van der Waals surface area contributed by atoms with E-state index in [9.17, 15) is 14.0 Å². The zero-order valence-electron chi connectivity index (χ0n) is 17.1. The highest BCUT2D eigenvalue weighted by Crippen LogP contribution is 2.25. The van der Waals surface area contributed by atoms with Crippen molar-refractivity contribution in [2.75, 3.05) is 25.0 Å². The number of ether oxygens (including phenoxy) is 1. The monoisotopic (exact) mass is 445 g/mol. The summed E-state index contributed by atoms with van der Waals surface area (Å²) in [7, 11) is 0. The highest BCUT2D eigenvalue weighted by Gasteiger charge is 2.22. The molecular weight excluding hydrogens is 421 g/mol. The maximum atomic E-state index is 13.2. The molecule has 1 fully saturated rings. The number of anilines is 1. The fourth-order valence-electron chi connectivity index (χ4n) is 4.00. The normalized spacial score (nSPS) is 17.0. The molecule has 0 aliphatic carbocycles. The summed E-state index contributed by atoms with van der Waals surface area (Å²) in [6.45, 7) is 2.44. The van der Waals surface area contributed by atoms with Crippen LogP contribution in [0.25, 0.3) is 0 Å². The molecule has 2 heterocycles. The SMILES string of the molecule is O=C1CCc2ccc(CN3CCC(NC(=O)COc4ccc(F)c(Cl)c4)CC3)cc2N1. The molecular formula is C23H25ClFN3O3. The first-order valence-corrected chi connectivity index (χ1v) is 10.9. The summed E-state index contributed by atoms with van der Waals surface area (Å²) < 4.78 is 18.6. The first-order chi connectivity index (χ1) is 15.0. The molecule has 2 aliphatic heterocycles. The molecule has 0 radical (unpaired) electrons. The maximum Gasteiger partial charge on any atom is 0.258 e. The predicted molar refractivity (Wildman–Crippen MR) is 117 cm³/mol. The minimum atomic E-state index is -0.523. The van der Waals surface area contributed by atoms with Crippen molar-refractivity contribution >= 4 is 29.1 Å². The minimum absolute atomic E-state index is 0.0356. The van der Waals surface area contributed by atoms with Gasteiger partial charge in [-0.25, -0.2) is 4.39 Å². The predicted octanol–water partition coefficient (Wildman–Crippen LogP) is 3.52. The Morgan fingerprint density at radius 3 is 2.77 bits per heavy atom. The Kier molecular flexibility index (Phi) is 6.73. The standard InChI is InChI=1S/C23H25ClFN3O3/c24-19-12-18(4-5-20(19)25)31-14-23(30)26-17-7-9-28(10-8-17)13-15-1-2-16-3-6-22(29)27-21(16)11-15/h1-2,4-5,11-12,17H,3,6-10,13-14H2,(H,26,30)(H,27,29). The number of fused-ring (bicyclic) bond motifs is 1. The van der Waals surface area contributed by atoms with Gasteiger partial charge in [-0.1, -0.05) is 23.7 Å². The highest BCUT2D eigenvalue weighted by atomic mass is 35.5. The van der Waals surface area contributed by atoms with Gasteiger partial charge in [0.25, 0.3) is 5.91 Å².